The van der Waals surface area contributed by atoms with E-state index in [0.29, 0.717) is 17.9 Å². The first-order valence-electron chi connectivity index (χ1n) is 10.8. The molecule has 0 saturated carbocycles. The minimum Gasteiger partial charge on any atom is -0.373 e. The molecule has 5 aliphatic rings. The highest BCUT2D eigenvalue weighted by Crippen LogP contribution is 2.43. The van der Waals surface area contributed by atoms with Gasteiger partial charge in [-0.3, -0.25) is 0 Å². The molecule has 0 N–H and O–H groups in total. The maximum atomic E-state index is 5.86. The first-order chi connectivity index (χ1) is 13.6. The van der Waals surface area contributed by atoms with Crippen molar-refractivity contribution in [2.45, 2.75) is 109 Å². The number of epoxide rings is 1. The Morgan fingerprint density at radius 1 is 0.828 bits per heavy atom. The lowest BCUT2D eigenvalue weighted by Gasteiger charge is -2.23. The molecule has 0 aromatic carbocycles. The molecule has 5 heterocycles. The maximum Gasteiger partial charge on any atom is 0.187 e. The number of rotatable bonds is 4. The van der Waals surface area contributed by atoms with Crippen molar-refractivity contribution in [1.82, 2.24) is 0 Å². The minimum atomic E-state index is -0.497. The summed E-state index contributed by atoms with van der Waals surface area (Å²) in [7, 11) is 0. The highest BCUT2D eigenvalue weighted by molar-refractivity contribution is 4.93. The third kappa shape index (κ3) is 4.71. The van der Waals surface area contributed by atoms with Crippen LogP contribution in [0, 0.1) is 11.8 Å². The minimum absolute atomic E-state index is 0.0787. The van der Waals surface area contributed by atoms with Gasteiger partial charge in [-0.05, 0) is 34.1 Å². The van der Waals surface area contributed by atoms with Gasteiger partial charge in [-0.2, -0.15) is 0 Å². The topological polar surface area (TPSA) is 67.9 Å². The van der Waals surface area contributed by atoms with E-state index in [1.54, 1.807) is 0 Å². The number of ether oxygens (including phenoxy) is 7. The van der Waals surface area contributed by atoms with Crippen LogP contribution in [0.4, 0.5) is 0 Å². The summed E-state index contributed by atoms with van der Waals surface area (Å²) in [5, 5.41) is 0. The third-order valence-corrected chi connectivity index (χ3v) is 6.30. The van der Waals surface area contributed by atoms with Gasteiger partial charge in [0.05, 0.1) is 24.9 Å². The smallest absolute Gasteiger partial charge is 0.187 e. The van der Waals surface area contributed by atoms with Gasteiger partial charge in [-0.25, -0.2) is 0 Å². The lowest BCUT2D eigenvalue weighted by atomic mass is 9.97. The lowest BCUT2D eigenvalue weighted by molar-refractivity contribution is -0.210. The highest BCUT2D eigenvalue weighted by Gasteiger charge is 2.54. The molecular formula is C22H36O7. The SMILES string of the molecule is C=CC[C@H]1O[C@@H]2OC(C)(C)O[C@@H]2[C@H]1C.C[C@@H]1[C@H]2OC(C)(C)O[C@H]2O[C@@H]1CC1CO1. The lowest BCUT2D eigenvalue weighted by Crippen LogP contribution is -2.29. The molecule has 0 radical (unpaired) electrons. The average molecular weight is 413 g/mol. The first-order valence-corrected chi connectivity index (χ1v) is 10.8. The zero-order valence-electron chi connectivity index (χ0n) is 18.5. The van der Waals surface area contributed by atoms with Gasteiger partial charge in [-0.1, -0.05) is 19.9 Å². The van der Waals surface area contributed by atoms with Crippen molar-refractivity contribution in [3.63, 3.8) is 0 Å². The molecule has 5 fully saturated rings. The number of hydrogen-bond acceptors (Lipinski definition) is 7. The van der Waals surface area contributed by atoms with E-state index in [9.17, 15) is 0 Å². The summed E-state index contributed by atoms with van der Waals surface area (Å²) >= 11 is 0. The molecule has 5 saturated heterocycles. The van der Waals surface area contributed by atoms with Crippen molar-refractivity contribution >= 4 is 0 Å². The molecule has 0 amide bonds. The van der Waals surface area contributed by atoms with Gasteiger partial charge in [0.15, 0.2) is 24.2 Å². The molecule has 29 heavy (non-hydrogen) atoms. The van der Waals surface area contributed by atoms with Crippen molar-refractivity contribution in [2.24, 2.45) is 11.8 Å². The van der Waals surface area contributed by atoms with Crippen LogP contribution in [0.25, 0.3) is 0 Å². The van der Waals surface area contributed by atoms with Crippen molar-refractivity contribution in [3.8, 4) is 0 Å². The normalized spacial score (nSPS) is 48.6. The number of fused-ring (bicyclic) bond motifs is 2. The summed E-state index contributed by atoms with van der Waals surface area (Å²) in [4.78, 5) is 0. The van der Waals surface area contributed by atoms with Crippen LogP contribution in [-0.2, 0) is 33.2 Å². The molecule has 0 aliphatic carbocycles. The Bertz CT molecular complexity index is 602. The standard InChI is InChI=1S/C11H18O4.C11H18O3/c1-6-8(4-7-5-12-7)13-10-9(6)14-11(2,3)15-10;1-5-6-8-7(2)9-10(12-8)14-11(3,4)13-9/h6-10H,4-5H2,1-3H3;5,7-10H,1,6H2,2-4H3/t6-,7?,8+,9+,10+;7-,8+,9+,10+/m00/s1. The second-order valence-corrected chi connectivity index (χ2v) is 9.72. The van der Waals surface area contributed by atoms with Crippen LogP contribution in [0.1, 0.15) is 54.4 Å². The fourth-order valence-corrected chi connectivity index (χ4v) is 4.62. The average Bonchev–Trinajstić information content (AvgIpc) is 3.15. The van der Waals surface area contributed by atoms with E-state index in [2.05, 4.69) is 20.4 Å². The summed E-state index contributed by atoms with van der Waals surface area (Å²) in [5.41, 5.74) is 0. The Morgan fingerprint density at radius 3 is 1.76 bits per heavy atom. The van der Waals surface area contributed by atoms with Crippen molar-refractivity contribution in [3.05, 3.63) is 12.7 Å². The van der Waals surface area contributed by atoms with Gasteiger partial charge in [0, 0.05) is 18.3 Å². The van der Waals surface area contributed by atoms with Crippen LogP contribution in [0.2, 0.25) is 0 Å². The molecule has 7 nitrogen and oxygen atoms in total. The Labute approximate surface area is 173 Å². The van der Waals surface area contributed by atoms with E-state index in [0.717, 1.165) is 19.4 Å². The van der Waals surface area contributed by atoms with Crippen LogP contribution in [-0.4, -0.2) is 61.3 Å². The predicted molar refractivity (Wildman–Crippen MR) is 105 cm³/mol. The molecule has 0 bridgehead atoms. The van der Waals surface area contributed by atoms with Crippen LogP contribution in [0.5, 0.6) is 0 Å². The number of hydrogen-bond donors (Lipinski definition) is 0. The van der Waals surface area contributed by atoms with Gasteiger partial charge in [0.1, 0.15) is 12.2 Å². The zero-order valence-corrected chi connectivity index (χ0v) is 18.5. The summed E-state index contributed by atoms with van der Waals surface area (Å²) in [5.74, 6) is -0.228. The van der Waals surface area contributed by atoms with E-state index >= 15 is 0 Å². The maximum absolute atomic E-state index is 5.86. The Morgan fingerprint density at radius 2 is 1.31 bits per heavy atom. The van der Waals surface area contributed by atoms with Crippen molar-refractivity contribution in [2.75, 3.05) is 6.61 Å². The first kappa shape index (κ1) is 21.7. The van der Waals surface area contributed by atoms with E-state index in [1.165, 1.54) is 0 Å². The van der Waals surface area contributed by atoms with E-state index in [4.69, 9.17) is 33.2 Å². The van der Waals surface area contributed by atoms with Crippen molar-refractivity contribution < 1.29 is 33.2 Å². The van der Waals surface area contributed by atoms with Crippen LogP contribution in [0.3, 0.4) is 0 Å². The van der Waals surface area contributed by atoms with E-state index in [-0.39, 0.29) is 37.0 Å². The van der Waals surface area contributed by atoms with Gasteiger partial charge < -0.3 is 33.2 Å². The Kier molecular flexibility index (Phi) is 5.88. The predicted octanol–water partition coefficient (Wildman–Crippen LogP) is 3.36. The molecule has 0 aromatic rings. The molecule has 0 spiro atoms. The third-order valence-electron chi connectivity index (χ3n) is 6.30. The monoisotopic (exact) mass is 412 g/mol. The van der Waals surface area contributed by atoms with Gasteiger partial charge in [0.25, 0.3) is 0 Å². The van der Waals surface area contributed by atoms with E-state index < -0.39 is 11.6 Å². The molecule has 9 atom stereocenters. The summed E-state index contributed by atoms with van der Waals surface area (Å²) in [6.07, 6.45) is 4.34. The second-order valence-electron chi connectivity index (χ2n) is 9.72. The summed E-state index contributed by atoms with van der Waals surface area (Å²) in [6, 6.07) is 0. The van der Waals surface area contributed by atoms with Gasteiger partial charge >= 0.3 is 0 Å². The fraction of sp³-hybridized carbons (Fsp3) is 0.909. The molecule has 5 rings (SSSR count). The molecule has 7 heteroatoms. The van der Waals surface area contributed by atoms with Crippen LogP contribution in [0.15, 0.2) is 12.7 Å². The fourth-order valence-electron chi connectivity index (χ4n) is 4.62. The second kappa shape index (κ2) is 7.86. The van der Waals surface area contributed by atoms with Gasteiger partial charge in [0.2, 0.25) is 0 Å². The summed E-state index contributed by atoms with van der Waals surface area (Å²) in [6.45, 7) is 16.6. The van der Waals surface area contributed by atoms with E-state index in [1.807, 2.05) is 33.8 Å². The zero-order chi connectivity index (χ0) is 21.0. The summed E-state index contributed by atoms with van der Waals surface area (Å²) < 4.78 is 39.8. The molecule has 166 valence electrons. The van der Waals surface area contributed by atoms with Crippen LogP contribution >= 0.6 is 0 Å². The Balaban J connectivity index is 0.000000142. The van der Waals surface area contributed by atoms with Crippen LogP contribution < -0.4 is 0 Å². The highest BCUT2D eigenvalue weighted by atomic mass is 16.8. The molecule has 0 aromatic heterocycles. The molecular weight excluding hydrogens is 376 g/mol. The molecule has 1 unspecified atom stereocenters. The Hall–Kier alpha value is -0.540. The van der Waals surface area contributed by atoms with Gasteiger partial charge in [-0.15, -0.1) is 6.58 Å². The largest absolute Gasteiger partial charge is 0.373 e. The van der Waals surface area contributed by atoms with Crippen molar-refractivity contribution in [1.29, 1.82) is 0 Å². The quantitative estimate of drug-likeness (QED) is 0.518. The molecule has 5 aliphatic heterocycles.